The van der Waals surface area contributed by atoms with Gasteiger partial charge in [0.1, 0.15) is 0 Å². The van der Waals surface area contributed by atoms with Crippen molar-refractivity contribution in [3.05, 3.63) is 35.5 Å². The molecule has 1 heterocycles. The highest BCUT2D eigenvalue weighted by Crippen LogP contribution is 2.24. The van der Waals surface area contributed by atoms with Crippen LogP contribution in [0.1, 0.15) is 48.5 Å². The number of carboxylic acids is 1. The molecule has 1 aliphatic carbocycles. The Morgan fingerprint density at radius 2 is 2.14 bits per heavy atom. The van der Waals surface area contributed by atoms with E-state index in [4.69, 9.17) is 5.11 Å². The third kappa shape index (κ3) is 2.81. The molecule has 4 nitrogen and oxygen atoms in total. The van der Waals surface area contributed by atoms with Gasteiger partial charge in [-0.1, -0.05) is 18.9 Å². The zero-order chi connectivity index (χ0) is 14.8. The molecule has 1 saturated carbocycles. The highest BCUT2D eigenvalue weighted by atomic mass is 16.4. The number of hydrogen-bond donors (Lipinski definition) is 2. The van der Waals surface area contributed by atoms with E-state index in [9.17, 15) is 4.79 Å². The minimum atomic E-state index is -0.869. The van der Waals surface area contributed by atoms with Gasteiger partial charge in [0.15, 0.2) is 0 Å². The van der Waals surface area contributed by atoms with Crippen molar-refractivity contribution < 1.29 is 9.90 Å². The van der Waals surface area contributed by atoms with Gasteiger partial charge in [0.2, 0.25) is 0 Å². The highest BCUT2D eigenvalue weighted by Gasteiger charge is 2.16. The Labute approximate surface area is 124 Å². The van der Waals surface area contributed by atoms with Crippen LogP contribution in [0.2, 0.25) is 0 Å². The van der Waals surface area contributed by atoms with Crippen LogP contribution in [0.15, 0.2) is 24.4 Å². The van der Waals surface area contributed by atoms with E-state index < -0.39 is 5.97 Å². The molecule has 0 radical (unpaired) electrons. The summed E-state index contributed by atoms with van der Waals surface area (Å²) in [5.41, 5.74) is 2.63. The maximum absolute atomic E-state index is 11.1. The molecule has 3 rings (SSSR count). The van der Waals surface area contributed by atoms with Crippen molar-refractivity contribution in [2.75, 3.05) is 0 Å². The summed E-state index contributed by atoms with van der Waals surface area (Å²) in [6.07, 6.45) is 7.36. The molecule has 0 amide bonds. The lowest BCUT2D eigenvalue weighted by Gasteiger charge is -2.10. The molecule has 1 fully saturated rings. The predicted molar refractivity (Wildman–Crippen MR) is 83.7 cm³/mol. The molecule has 4 heteroatoms. The van der Waals surface area contributed by atoms with Gasteiger partial charge in [0.25, 0.3) is 0 Å². The molecule has 0 atom stereocenters. The summed E-state index contributed by atoms with van der Waals surface area (Å²) in [5.74, 6) is -0.869. The van der Waals surface area contributed by atoms with Crippen molar-refractivity contribution in [2.24, 2.45) is 0 Å². The minimum absolute atomic E-state index is 0.352. The summed E-state index contributed by atoms with van der Waals surface area (Å²) in [5, 5.41) is 13.9. The number of aromatic carboxylic acids is 1. The van der Waals surface area contributed by atoms with Crippen molar-refractivity contribution in [3.8, 4) is 0 Å². The molecule has 0 saturated heterocycles. The van der Waals surface area contributed by atoms with Crippen LogP contribution in [-0.4, -0.2) is 21.7 Å². The van der Waals surface area contributed by atoms with E-state index in [1.165, 1.54) is 31.2 Å². The molecular weight excluding hydrogens is 264 g/mol. The molecule has 1 aromatic carbocycles. The number of nitrogens with one attached hydrogen (secondary N) is 1. The molecule has 2 aromatic rings. The van der Waals surface area contributed by atoms with Gasteiger partial charge < -0.3 is 15.0 Å². The lowest BCUT2D eigenvalue weighted by molar-refractivity contribution is 0.0697. The number of aromatic nitrogens is 1. The fourth-order valence-corrected chi connectivity index (χ4v) is 3.29. The highest BCUT2D eigenvalue weighted by molar-refractivity contribution is 5.94. The molecule has 2 N–H and O–H groups in total. The summed E-state index contributed by atoms with van der Waals surface area (Å²) < 4.78 is 2.13. The summed E-state index contributed by atoms with van der Waals surface area (Å²) in [6, 6.07) is 6.06. The Bertz CT molecular complexity index is 654. The Kier molecular flexibility index (Phi) is 3.97. The summed E-state index contributed by atoms with van der Waals surface area (Å²) >= 11 is 0. The van der Waals surface area contributed by atoms with Gasteiger partial charge in [-0.15, -0.1) is 0 Å². The number of aryl methyl sites for hydroxylation is 1. The lowest BCUT2D eigenvalue weighted by atomic mass is 10.1. The molecule has 0 unspecified atom stereocenters. The first-order chi connectivity index (χ1) is 10.2. The first kappa shape index (κ1) is 14.1. The van der Waals surface area contributed by atoms with Crippen molar-refractivity contribution in [2.45, 2.75) is 51.7 Å². The van der Waals surface area contributed by atoms with Gasteiger partial charge in [-0.25, -0.2) is 4.79 Å². The molecule has 0 bridgehead atoms. The van der Waals surface area contributed by atoms with Crippen molar-refractivity contribution in [1.82, 2.24) is 9.88 Å². The number of benzene rings is 1. The average Bonchev–Trinajstić information content (AvgIpc) is 3.11. The normalized spacial score (nSPS) is 15.9. The first-order valence-electron chi connectivity index (χ1n) is 7.77. The second kappa shape index (κ2) is 5.90. The van der Waals surface area contributed by atoms with Gasteiger partial charge in [-0.2, -0.15) is 0 Å². The largest absolute Gasteiger partial charge is 0.478 e. The smallest absolute Gasteiger partial charge is 0.335 e. The van der Waals surface area contributed by atoms with Crippen LogP contribution in [0.5, 0.6) is 0 Å². The predicted octanol–water partition coefficient (Wildman–Crippen LogP) is 3.39. The number of carbonyl (C=O) groups is 1. The maximum atomic E-state index is 11.1. The average molecular weight is 286 g/mol. The number of carboxylic acid groups (broad SMARTS) is 1. The molecule has 1 aromatic heterocycles. The minimum Gasteiger partial charge on any atom is -0.478 e. The third-order valence-corrected chi connectivity index (χ3v) is 4.49. The Morgan fingerprint density at radius 3 is 2.81 bits per heavy atom. The Morgan fingerprint density at radius 1 is 1.38 bits per heavy atom. The zero-order valence-corrected chi connectivity index (χ0v) is 12.4. The second-order valence-corrected chi connectivity index (χ2v) is 5.84. The Balaban J connectivity index is 1.89. The van der Waals surface area contributed by atoms with E-state index in [0.717, 1.165) is 24.0 Å². The quantitative estimate of drug-likeness (QED) is 0.886. The number of fused-ring (bicyclic) bond motifs is 1. The van der Waals surface area contributed by atoms with Gasteiger partial charge in [0, 0.05) is 36.2 Å². The van der Waals surface area contributed by atoms with E-state index in [-0.39, 0.29) is 0 Å². The van der Waals surface area contributed by atoms with Crippen LogP contribution >= 0.6 is 0 Å². The van der Waals surface area contributed by atoms with Crippen LogP contribution < -0.4 is 5.32 Å². The van der Waals surface area contributed by atoms with E-state index >= 15 is 0 Å². The molecule has 1 aliphatic rings. The molecule has 21 heavy (non-hydrogen) atoms. The van der Waals surface area contributed by atoms with Crippen LogP contribution in [-0.2, 0) is 13.1 Å². The van der Waals surface area contributed by atoms with E-state index in [2.05, 4.69) is 23.0 Å². The Hall–Kier alpha value is -1.81. The van der Waals surface area contributed by atoms with E-state index in [1.807, 2.05) is 6.07 Å². The standard InChI is InChI=1S/C17H22N2O2/c1-2-19-11-13(10-18-14-5-3-4-6-14)15-8-7-12(17(20)21)9-16(15)19/h7-9,11,14,18H,2-6,10H2,1H3,(H,20,21). The third-order valence-electron chi connectivity index (χ3n) is 4.49. The van der Waals surface area contributed by atoms with Gasteiger partial charge in [-0.05, 0) is 37.5 Å². The first-order valence-corrected chi connectivity index (χ1v) is 7.77. The summed E-state index contributed by atoms with van der Waals surface area (Å²) in [6.45, 7) is 3.80. The fraction of sp³-hybridized carbons (Fsp3) is 0.471. The van der Waals surface area contributed by atoms with Crippen LogP contribution in [0.4, 0.5) is 0 Å². The molecular formula is C17H22N2O2. The van der Waals surface area contributed by atoms with Crippen molar-refractivity contribution >= 4 is 16.9 Å². The fourth-order valence-electron chi connectivity index (χ4n) is 3.29. The van der Waals surface area contributed by atoms with Crippen molar-refractivity contribution in [1.29, 1.82) is 0 Å². The molecule has 0 aliphatic heterocycles. The van der Waals surface area contributed by atoms with E-state index in [1.54, 1.807) is 12.1 Å². The molecule has 112 valence electrons. The number of nitrogens with zero attached hydrogens (tertiary/aromatic N) is 1. The lowest BCUT2D eigenvalue weighted by Crippen LogP contribution is -2.25. The van der Waals surface area contributed by atoms with E-state index in [0.29, 0.717) is 11.6 Å². The van der Waals surface area contributed by atoms with Crippen LogP contribution in [0.25, 0.3) is 10.9 Å². The summed E-state index contributed by atoms with van der Waals surface area (Å²) in [4.78, 5) is 11.1. The SMILES string of the molecule is CCn1cc(CNC2CCCC2)c2ccc(C(=O)O)cc21. The monoisotopic (exact) mass is 286 g/mol. The number of rotatable bonds is 5. The van der Waals surface area contributed by atoms with Crippen molar-refractivity contribution in [3.63, 3.8) is 0 Å². The number of hydrogen-bond acceptors (Lipinski definition) is 2. The van der Waals surface area contributed by atoms with Crippen LogP contribution in [0, 0.1) is 0 Å². The molecule has 0 spiro atoms. The maximum Gasteiger partial charge on any atom is 0.335 e. The van der Waals surface area contributed by atoms with Gasteiger partial charge in [0.05, 0.1) is 5.56 Å². The summed E-state index contributed by atoms with van der Waals surface area (Å²) in [7, 11) is 0. The van der Waals surface area contributed by atoms with Gasteiger partial charge >= 0.3 is 5.97 Å². The van der Waals surface area contributed by atoms with Crippen LogP contribution in [0.3, 0.4) is 0 Å². The zero-order valence-electron chi connectivity index (χ0n) is 12.4. The van der Waals surface area contributed by atoms with Gasteiger partial charge in [-0.3, -0.25) is 0 Å². The topological polar surface area (TPSA) is 54.3 Å². The second-order valence-electron chi connectivity index (χ2n) is 5.84.